The van der Waals surface area contributed by atoms with Gasteiger partial charge in [-0.2, -0.15) is 0 Å². The summed E-state index contributed by atoms with van der Waals surface area (Å²) in [4.78, 5) is 8.77. The van der Waals surface area contributed by atoms with E-state index in [-0.39, 0.29) is 0 Å². The van der Waals surface area contributed by atoms with Gasteiger partial charge >= 0.3 is 0 Å². The van der Waals surface area contributed by atoms with E-state index < -0.39 is 0 Å². The number of rotatable bonds is 1. The topological polar surface area (TPSA) is 43.9 Å². The van der Waals surface area contributed by atoms with Crippen LogP contribution in [0.2, 0.25) is 0 Å². The molecule has 0 bridgehead atoms. The Kier molecular flexibility index (Phi) is 1.83. The standard InChI is InChI=1S/C12H11N3O/c1-8-5-6-11(16-8)15-9(2)14-10-4-3-7-13-12(10)15/h3-7H,1-2H3. The summed E-state index contributed by atoms with van der Waals surface area (Å²) in [5.41, 5.74) is 1.71. The van der Waals surface area contributed by atoms with Gasteiger partial charge in [0.1, 0.15) is 17.1 Å². The minimum absolute atomic E-state index is 0.760. The van der Waals surface area contributed by atoms with Crippen molar-refractivity contribution in [1.29, 1.82) is 0 Å². The van der Waals surface area contributed by atoms with Gasteiger partial charge in [-0.1, -0.05) is 0 Å². The molecular formula is C12H11N3O. The van der Waals surface area contributed by atoms with Gasteiger partial charge in [0.25, 0.3) is 0 Å². The largest absolute Gasteiger partial charge is 0.445 e. The first-order valence-corrected chi connectivity index (χ1v) is 5.12. The number of hydrogen-bond acceptors (Lipinski definition) is 3. The zero-order valence-corrected chi connectivity index (χ0v) is 9.14. The Balaban J connectivity index is 2.34. The predicted octanol–water partition coefficient (Wildman–Crippen LogP) is 2.63. The highest BCUT2D eigenvalue weighted by molar-refractivity contribution is 5.73. The third-order valence-electron chi connectivity index (χ3n) is 2.53. The lowest BCUT2D eigenvalue weighted by atomic mass is 10.4. The highest BCUT2D eigenvalue weighted by atomic mass is 16.4. The Bertz CT molecular complexity index is 651. The highest BCUT2D eigenvalue weighted by Gasteiger charge is 2.11. The first kappa shape index (κ1) is 9.15. The molecule has 4 nitrogen and oxygen atoms in total. The molecule has 0 atom stereocenters. The van der Waals surface area contributed by atoms with Gasteiger partial charge in [-0.3, -0.25) is 4.57 Å². The van der Waals surface area contributed by atoms with Gasteiger partial charge in [0.15, 0.2) is 5.65 Å². The lowest BCUT2D eigenvalue weighted by molar-refractivity contribution is 0.510. The van der Waals surface area contributed by atoms with Crippen LogP contribution in [0.4, 0.5) is 0 Å². The van der Waals surface area contributed by atoms with E-state index in [1.807, 2.05) is 42.7 Å². The molecule has 0 aliphatic rings. The van der Waals surface area contributed by atoms with Gasteiger partial charge in [0.05, 0.1) is 0 Å². The third-order valence-corrected chi connectivity index (χ3v) is 2.53. The zero-order chi connectivity index (χ0) is 11.1. The molecule has 0 N–H and O–H groups in total. The minimum Gasteiger partial charge on any atom is -0.445 e. The number of fused-ring (bicyclic) bond motifs is 1. The molecule has 0 radical (unpaired) electrons. The number of pyridine rings is 1. The number of furan rings is 1. The van der Waals surface area contributed by atoms with Crippen LogP contribution < -0.4 is 0 Å². The first-order chi connectivity index (χ1) is 7.75. The molecule has 0 aliphatic heterocycles. The zero-order valence-electron chi connectivity index (χ0n) is 9.14. The van der Waals surface area contributed by atoms with Gasteiger partial charge in [0.2, 0.25) is 5.88 Å². The quantitative estimate of drug-likeness (QED) is 0.624. The van der Waals surface area contributed by atoms with Gasteiger partial charge in [-0.25, -0.2) is 9.97 Å². The Morgan fingerprint density at radius 1 is 1.19 bits per heavy atom. The molecule has 3 heterocycles. The van der Waals surface area contributed by atoms with Crippen LogP contribution >= 0.6 is 0 Å². The average molecular weight is 213 g/mol. The van der Waals surface area contributed by atoms with Crippen molar-refractivity contribution in [3.63, 3.8) is 0 Å². The van der Waals surface area contributed by atoms with Crippen molar-refractivity contribution < 1.29 is 4.42 Å². The minimum atomic E-state index is 0.760. The maximum absolute atomic E-state index is 5.60. The van der Waals surface area contributed by atoms with E-state index in [0.717, 1.165) is 28.6 Å². The fraction of sp³-hybridized carbons (Fsp3) is 0.167. The fourth-order valence-electron chi connectivity index (χ4n) is 1.83. The number of hydrogen-bond donors (Lipinski definition) is 0. The second kappa shape index (κ2) is 3.20. The van der Waals surface area contributed by atoms with E-state index in [9.17, 15) is 0 Å². The molecule has 0 unspecified atom stereocenters. The van der Waals surface area contributed by atoms with Gasteiger partial charge < -0.3 is 4.42 Å². The van der Waals surface area contributed by atoms with Crippen LogP contribution in [0.15, 0.2) is 34.9 Å². The Morgan fingerprint density at radius 3 is 2.81 bits per heavy atom. The van der Waals surface area contributed by atoms with E-state index in [4.69, 9.17) is 4.42 Å². The van der Waals surface area contributed by atoms with Crippen LogP contribution in [0.25, 0.3) is 17.0 Å². The van der Waals surface area contributed by atoms with Crippen LogP contribution in [0, 0.1) is 13.8 Å². The van der Waals surface area contributed by atoms with Crippen molar-refractivity contribution in [3.8, 4) is 5.88 Å². The monoisotopic (exact) mass is 213 g/mol. The van der Waals surface area contributed by atoms with Crippen LogP contribution in [0.3, 0.4) is 0 Å². The lowest BCUT2D eigenvalue weighted by Crippen LogP contribution is -1.95. The highest BCUT2D eigenvalue weighted by Crippen LogP contribution is 2.20. The normalized spacial score (nSPS) is 11.1. The van der Waals surface area contributed by atoms with Crippen molar-refractivity contribution in [2.75, 3.05) is 0 Å². The number of aryl methyl sites for hydroxylation is 2. The first-order valence-electron chi connectivity index (χ1n) is 5.12. The molecule has 4 heteroatoms. The van der Waals surface area contributed by atoms with Crippen LogP contribution in [0.1, 0.15) is 11.6 Å². The summed E-state index contributed by atoms with van der Waals surface area (Å²) in [6.45, 7) is 3.87. The SMILES string of the molecule is Cc1ccc(-n2c(C)nc3cccnc32)o1. The Labute approximate surface area is 92.6 Å². The lowest BCUT2D eigenvalue weighted by Gasteiger charge is -2.00. The number of nitrogens with zero attached hydrogens (tertiary/aromatic N) is 3. The van der Waals surface area contributed by atoms with Crippen LogP contribution in [-0.4, -0.2) is 14.5 Å². The molecule has 0 amide bonds. The summed E-state index contributed by atoms with van der Waals surface area (Å²) < 4.78 is 7.52. The summed E-state index contributed by atoms with van der Waals surface area (Å²) in [5, 5.41) is 0. The summed E-state index contributed by atoms with van der Waals surface area (Å²) in [5.74, 6) is 2.52. The number of imidazole rings is 1. The van der Waals surface area contributed by atoms with E-state index in [2.05, 4.69) is 9.97 Å². The maximum atomic E-state index is 5.60. The van der Waals surface area contributed by atoms with E-state index in [0.29, 0.717) is 0 Å². The maximum Gasteiger partial charge on any atom is 0.206 e. The smallest absolute Gasteiger partial charge is 0.206 e. The summed E-state index contributed by atoms with van der Waals surface area (Å²) in [7, 11) is 0. The van der Waals surface area contributed by atoms with Crippen molar-refractivity contribution in [2.45, 2.75) is 13.8 Å². The van der Waals surface area contributed by atoms with Crippen molar-refractivity contribution in [2.24, 2.45) is 0 Å². The molecule has 0 spiro atoms. The van der Waals surface area contributed by atoms with Crippen molar-refractivity contribution in [1.82, 2.24) is 14.5 Å². The molecule has 3 aromatic rings. The van der Waals surface area contributed by atoms with Gasteiger partial charge in [0, 0.05) is 12.3 Å². The molecule has 0 aliphatic carbocycles. The summed E-state index contributed by atoms with van der Waals surface area (Å²) in [6.07, 6.45) is 1.76. The molecule has 80 valence electrons. The molecule has 0 saturated heterocycles. The van der Waals surface area contributed by atoms with E-state index >= 15 is 0 Å². The summed E-state index contributed by atoms with van der Waals surface area (Å²) in [6, 6.07) is 7.69. The Morgan fingerprint density at radius 2 is 2.06 bits per heavy atom. The molecule has 3 rings (SSSR count). The van der Waals surface area contributed by atoms with E-state index in [1.165, 1.54) is 0 Å². The molecule has 0 fully saturated rings. The van der Waals surface area contributed by atoms with Crippen molar-refractivity contribution >= 4 is 11.2 Å². The Hall–Kier alpha value is -2.10. The molecule has 3 aromatic heterocycles. The van der Waals surface area contributed by atoms with Crippen LogP contribution in [0.5, 0.6) is 0 Å². The van der Waals surface area contributed by atoms with E-state index in [1.54, 1.807) is 6.20 Å². The second-order valence-electron chi connectivity index (χ2n) is 3.72. The fourth-order valence-corrected chi connectivity index (χ4v) is 1.83. The summed E-state index contributed by atoms with van der Waals surface area (Å²) >= 11 is 0. The van der Waals surface area contributed by atoms with Gasteiger partial charge in [-0.05, 0) is 32.0 Å². The molecule has 0 aromatic carbocycles. The van der Waals surface area contributed by atoms with Gasteiger partial charge in [-0.15, -0.1) is 0 Å². The molecule has 16 heavy (non-hydrogen) atoms. The second-order valence-corrected chi connectivity index (χ2v) is 3.72. The number of aromatic nitrogens is 3. The van der Waals surface area contributed by atoms with Crippen molar-refractivity contribution in [3.05, 3.63) is 42.0 Å². The predicted molar refractivity (Wildman–Crippen MR) is 60.6 cm³/mol. The molecular weight excluding hydrogens is 202 g/mol. The molecule has 0 saturated carbocycles. The van der Waals surface area contributed by atoms with Crippen LogP contribution in [-0.2, 0) is 0 Å². The average Bonchev–Trinajstić information content (AvgIpc) is 2.80. The third kappa shape index (κ3) is 1.23.